The van der Waals surface area contributed by atoms with Gasteiger partial charge in [0, 0.05) is 6.20 Å². The highest BCUT2D eigenvalue weighted by Gasteiger charge is 2.34. The molecule has 0 amide bonds. The summed E-state index contributed by atoms with van der Waals surface area (Å²) in [6.07, 6.45) is 4.44. The molecule has 0 unspecified atom stereocenters. The van der Waals surface area contributed by atoms with E-state index in [1.165, 1.54) is 12.0 Å². The van der Waals surface area contributed by atoms with Crippen LogP contribution in [0.4, 0.5) is 0 Å². The molecule has 0 saturated carbocycles. The van der Waals surface area contributed by atoms with Crippen molar-refractivity contribution in [3.05, 3.63) is 29.7 Å². The molecule has 0 bridgehead atoms. The molecule has 0 aromatic carbocycles. The van der Waals surface area contributed by atoms with E-state index in [9.17, 15) is 0 Å². The van der Waals surface area contributed by atoms with Crippen LogP contribution >= 0.6 is 0 Å². The molecular formula is C12H16N4. The van der Waals surface area contributed by atoms with Crippen LogP contribution in [0.3, 0.4) is 0 Å². The van der Waals surface area contributed by atoms with Crippen molar-refractivity contribution < 1.29 is 0 Å². The zero-order valence-electron chi connectivity index (χ0n) is 9.70. The monoisotopic (exact) mass is 216 g/mol. The van der Waals surface area contributed by atoms with Crippen LogP contribution in [0.15, 0.2) is 18.3 Å². The zero-order chi connectivity index (χ0) is 11.2. The first-order chi connectivity index (χ1) is 7.69. The largest absolute Gasteiger partial charge is 0.305 e. The highest BCUT2D eigenvalue weighted by Crippen LogP contribution is 2.29. The van der Waals surface area contributed by atoms with E-state index in [0.29, 0.717) is 0 Å². The van der Waals surface area contributed by atoms with Crippen LogP contribution in [0.2, 0.25) is 0 Å². The maximum atomic E-state index is 4.34. The van der Waals surface area contributed by atoms with Crippen LogP contribution in [-0.2, 0) is 5.54 Å². The van der Waals surface area contributed by atoms with Crippen LogP contribution in [0.5, 0.6) is 0 Å². The van der Waals surface area contributed by atoms with E-state index in [2.05, 4.69) is 46.0 Å². The van der Waals surface area contributed by atoms with Crippen molar-refractivity contribution in [2.24, 2.45) is 0 Å². The molecule has 0 spiro atoms. The summed E-state index contributed by atoms with van der Waals surface area (Å²) in [5.41, 5.74) is 2.14. The smallest absolute Gasteiger partial charge is 0.160 e. The van der Waals surface area contributed by atoms with Gasteiger partial charge in [-0.15, -0.1) is 10.2 Å². The number of nitrogens with one attached hydrogen (secondary N) is 1. The van der Waals surface area contributed by atoms with Crippen molar-refractivity contribution in [1.82, 2.24) is 19.9 Å². The van der Waals surface area contributed by atoms with Crippen LogP contribution < -0.4 is 5.32 Å². The first kappa shape index (κ1) is 9.78. The van der Waals surface area contributed by atoms with E-state index in [1.807, 2.05) is 6.07 Å². The van der Waals surface area contributed by atoms with Gasteiger partial charge in [0.1, 0.15) is 0 Å². The summed E-state index contributed by atoms with van der Waals surface area (Å²) < 4.78 is 2.10. The SMILES string of the molecule is Cc1ccc2nnc([C@]3(C)CCCN3)n2c1. The molecule has 4 nitrogen and oxygen atoms in total. The molecule has 1 atom stereocenters. The van der Waals surface area contributed by atoms with Gasteiger partial charge in [-0.3, -0.25) is 4.40 Å². The van der Waals surface area contributed by atoms with Gasteiger partial charge in [0.15, 0.2) is 11.5 Å². The van der Waals surface area contributed by atoms with Crippen molar-refractivity contribution in [1.29, 1.82) is 0 Å². The number of fused-ring (bicyclic) bond motifs is 1. The Morgan fingerprint density at radius 3 is 3.00 bits per heavy atom. The number of aryl methyl sites for hydroxylation is 1. The summed E-state index contributed by atoms with van der Waals surface area (Å²) in [5, 5.41) is 12.1. The second-order valence-corrected chi connectivity index (χ2v) is 4.82. The third-order valence-electron chi connectivity index (χ3n) is 3.41. The van der Waals surface area contributed by atoms with Gasteiger partial charge in [0.25, 0.3) is 0 Å². The number of aromatic nitrogens is 3. The molecule has 1 aliphatic rings. The molecule has 2 aromatic rings. The molecule has 2 aromatic heterocycles. The van der Waals surface area contributed by atoms with E-state index >= 15 is 0 Å². The molecule has 1 fully saturated rings. The number of nitrogens with zero attached hydrogens (tertiary/aromatic N) is 3. The second kappa shape index (κ2) is 3.28. The van der Waals surface area contributed by atoms with Crippen molar-refractivity contribution >= 4 is 5.65 Å². The fourth-order valence-corrected chi connectivity index (χ4v) is 2.46. The standard InChI is InChI=1S/C12H16N4/c1-9-4-5-10-14-15-11(16(10)8-9)12(2)6-3-7-13-12/h4-5,8,13H,3,6-7H2,1-2H3/t12-/m0/s1. The van der Waals surface area contributed by atoms with Crippen molar-refractivity contribution in [2.75, 3.05) is 6.54 Å². The minimum absolute atomic E-state index is 0.0206. The average Bonchev–Trinajstić information content (AvgIpc) is 2.84. The molecule has 1 saturated heterocycles. The summed E-state index contributed by atoms with van der Waals surface area (Å²) in [5.74, 6) is 1.03. The second-order valence-electron chi connectivity index (χ2n) is 4.82. The van der Waals surface area contributed by atoms with Crippen LogP contribution in [0.25, 0.3) is 5.65 Å². The Bertz CT molecular complexity index is 523. The van der Waals surface area contributed by atoms with Gasteiger partial charge in [-0.25, -0.2) is 0 Å². The third-order valence-corrected chi connectivity index (χ3v) is 3.41. The minimum atomic E-state index is -0.0206. The van der Waals surface area contributed by atoms with Crippen molar-refractivity contribution in [3.8, 4) is 0 Å². The normalized spacial score (nSPS) is 25.4. The maximum Gasteiger partial charge on any atom is 0.160 e. The highest BCUT2D eigenvalue weighted by molar-refractivity contribution is 5.40. The van der Waals surface area contributed by atoms with Gasteiger partial charge in [0.05, 0.1) is 5.54 Å². The Labute approximate surface area is 94.7 Å². The van der Waals surface area contributed by atoms with E-state index in [-0.39, 0.29) is 5.54 Å². The summed E-state index contributed by atoms with van der Waals surface area (Å²) >= 11 is 0. The average molecular weight is 216 g/mol. The Morgan fingerprint density at radius 2 is 2.25 bits per heavy atom. The Morgan fingerprint density at radius 1 is 1.38 bits per heavy atom. The van der Waals surface area contributed by atoms with Gasteiger partial charge in [-0.05, 0) is 44.9 Å². The van der Waals surface area contributed by atoms with E-state index < -0.39 is 0 Å². The number of pyridine rings is 1. The number of hydrogen-bond donors (Lipinski definition) is 1. The quantitative estimate of drug-likeness (QED) is 0.788. The van der Waals surface area contributed by atoms with Gasteiger partial charge in [0.2, 0.25) is 0 Å². The summed E-state index contributed by atoms with van der Waals surface area (Å²) in [6, 6.07) is 4.09. The molecule has 1 aliphatic heterocycles. The predicted molar refractivity (Wildman–Crippen MR) is 62.3 cm³/mol. The van der Waals surface area contributed by atoms with Crippen molar-refractivity contribution in [3.63, 3.8) is 0 Å². The lowest BCUT2D eigenvalue weighted by Crippen LogP contribution is -2.35. The molecule has 3 heterocycles. The van der Waals surface area contributed by atoms with Crippen LogP contribution in [0.1, 0.15) is 31.2 Å². The lowest BCUT2D eigenvalue weighted by molar-refractivity contribution is 0.403. The molecular weight excluding hydrogens is 200 g/mol. The van der Waals surface area contributed by atoms with Gasteiger partial charge < -0.3 is 5.32 Å². The first-order valence-electron chi connectivity index (χ1n) is 5.76. The summed E-state index contributed by atoms with van der Waals surface area (Å²) in [7, 11) is 0. The minimum Gasteiger partial charge on any atom is -0.305 e. The van der Waals surface area contributed by atoms with Crippen LogP contribution in [0, 0.1) is 6.92 Å². The lowest BCUT2D eigenvalue weighted by atomic mass is 9.99. The van der Waals surface area contributed by atoms with Gasteiger partial charge in [-0.1, -0.05) is 6.07 Å². The molecule has 16 heavy (non-hydrogen) atoms. The topological polar surface area (TPSA) is 42.2 Å². The van der Waals surface area contributed by atoms with E-state index in [1.54, 1.807) is 0 Å². The molecule has 0 radical (unpaired) electrons. The Balaban J connectivity index is 2.19. The van der Waals surface area contributed by atoms with Gasteiger partial charge in [-0.2, -0.15) is 0 Å². The maximum absolute atomic E-state index is 4.34. The van der Waals surface area contributed by atoms with Gasteiger partial charge >= 0.3 is 0 Å². The fraction of sp³-hybridized carbons (Fsp3) is 0.500. The summed E-state index contributed by atoms with van der Waals surface area (Å²) in [4.78, 5) is 0. The lowest BCUT2D eigenvalue weighted by Gasteiger charge is -2.22. The highest BCUT2D eigenvalue weighted by atomic mass is 15.3. The summed E-state index contributed by atoms with van der Waals surface area (Å²) in [6.45, 7) is 5.36. The molecule has 0 aliphatic carbocycles. The molecule has 3 rings (SSSR count). The molecule has 1 N–H and O–H groups in total. The Hall–Kier alpha value is -1.42. The van der Waals surface area contributed by atoms with Crippen LogP contribution in [-0.4, -0.2) is 21.1 Å². The van der Waals surface area contributed by atoms with E-state index in [4.69, 9.17) is 0 Å². The first-order valence-corrected chi connectivity index (χ1v) is 5.76. The number of rotatable bonds is 1. The van der Waals surface area contributed by atoms with Crippen molar-refractivity contribution in [2.45, 2.75) is 32.2 Å². The number of hydrogen-bond acceptors (Lipinski definition) is 3. The Kier molecular flexibility index (Phi) is 2.01. The molecule has 4 heteroatoms. The molecule has 84 valence electrons. The third kappa shape index (κ3) is 1.33. The van der Waals surface area contributed by atoms with E-state index in [0.717, 1.165) is 24.4 Å². The zero-order valence-corrected chi connectivity index (χ0v) is 9.70. The fourth-order valence-electron chi connectivity index (χ4n) is 2.46. The predicted octanol–water partition coefficient (Wildman–Crippen LogP) is 1.64.